The smallest absolute Gasteiger partial charge is 0.125 e. The van der Waals surface area contributed by atoms with Crippen LogP contribution in [0.5, 0.6) is 0 Å². The van der Waals surface area contributed by atoms with Crippen molar-refractivity contribution in [2.45, 2.75) is 13.0 Å². The first kappa shape index (κ1) is 10.7. The molecule has 0 bridgehead atoms. The third-order valence-corrected chi connectivity index (χ3v) is 2.51. The molecule has 1 atom stereocenters. The van der Waals surface area contributed by atoms with Gasteiger partial charge < -0.3 is 5.32 Å². The normalized spacial score (nSPS) is 12.4. The maximum Gasteiger partial charge on any atom is 0.125 e. The number of rotatable bonds is 3. The molecule has 1 heterocycles. The highest BCUT2D eigenvalue weighted by Gasteiger charge is 2.08. The lowest BCUT2D eigenvalue weighted by atomic mass is 10.2. The van der Waals surface area contributed by atoms with Gasteiger partial charge in [-0.1, -0.05) is 6.07 Å². The maximum atomic E-state index is 13.0. The van der Waals surface area contributed by atoms with Crippen LogP contribution < -0.4 is 5.32 Å². The van der Waals surface area contributed by atoms with Gasteiger partial charge in [0, 0.05) is 18.9 Å². The van der Waals surface area contributed by atoms with Crippen molar-refractivity contribution < 1.29 is 4.39 Å². The van der Waals surface area contributed by atoms with Crippen LogP contribution in [-0.2, 0) is 7.05 Å². The average molecular weight is 219 g/mol. The average Bonchev–Trinajstić information content (AvgIpc) is 2.64. The van der Waals surface area contributed by atoms with Crippen LogP contribution >= 0.6 is 0 Å². The zero-order chi connectivity index (χ0) is 11.5. The predicted octanol–water partition coefficient (Wildman–Crippen LogP) is 2.73. The molecule has 0 aliphatic heterocycles. The van der Waals surface area contributed by atoms with Crippen LogP contribution in [0.4, 0.5) is 10.1 Å². The molecule has 1 unspecified atom stereocenters. The second-order valence-electron chi connectivity index (χ2n) is 3.76. The molecule has 1 aromatic heterocycles. The molecule has 2 rings (SSSR count). The lowest BCUT2D eigenvalue weighted by Crippen LogP contribution is -2.11. The highest BCUT2D eigenvalue weighted by Crippen LogP contribution is 2.18. The van der Waals surface area contributed by atoms with Crippen LogP contribution in [0, 0.1) is 5.82 Å². The van der Waals surface area contributed by atoms with E-state index in [1.807, 2.05) is 26.1 Å². The first-order valence-electron chi connectivity index (χ1n) is 5.17. The monoisotopic (exact) mass is 219 g/mol. The number of anilines is 1. The number of nitrogens with one attached hydrogen (secondary N) is 1. The quantitative estimate of drug-likeness (QED) is 0.860. The minimum atomic E-state index is -0.234. The van der Waals surface area contributed by atoms with Gasteiger partial charge in [-0.25, -0.2) is 4.39 Å². The first-order chi connectivity index (χ1) is 7.66. The molecule has 0 aliphatic rings. The molecule has 1 aromatic carbocycles. The molecule has 0 saturated carbocycles. The fourth-order valence-electron chi connectivity index (χ4n) is 1.71. The first-order valence-corrected chi connectivity index (χ1v) is 5.17. The lowest BCUT2D eigenvalue weighted by Gasteiger charge is -2.15. The summed E-state index contributed by atoms with van der Waals surface area (Å²) in [6.45, 7) is 2.02. The SMILES string of the molecule is CC(Nc1cccc(F)c1)c1ccnn1C. The zero-order valence-corrected chi connectivity index (χ0v) is 9.31. The molecule has 84 valence electrons. The molecule has 0 saturated heterocycles. The summed E-state index contributed by atoms with van der Waals surface area (Å²) in [6.07, 6.45) is 1.75. The number of halogens is 1. The van der Waals surface area contributed by atoms with Gasteiger partial charge in [0.1, 0.15) is 5.82 Å². The van der Waals surface area contributed by atoms with Gasteiger partial charge in [-0.05, 0) is 31.2 Å². The van der Waals surface area contributed by atoms with Gasteiger partial charge in [0.2, 0.25) is 0 Å². The second kappa shape index (κ2) is 4.35. The van der Waals surface area contributed by atoms with E-state index in [0.29, 0.717) is 0 Å². The summed E-state index contributed by atoms with van der Waals surface area (Å²) in [4.78, 5) is 0. The van der Waals surface area contributed by atoms with Gasteiger partial charge in [-0.3, -0.25) is 4.68 Å². The maximum absolute atomic E-state index is 13.0. The minimum absolute atomic E-state index is 0.0919. The molecule has 1 N–H and O–H groups in total. The summed E-state index contributed by atoms with van der Waals surface area (Å²) >= 11 is 0. The summed E-state index contributed by atoms with van der Waals surface area (Å²) in [6, 6.07) is 8.47. The Balaban J connectivity index is 2.14. The van der Waals surface area contributed by atoms with Gasteiger partial charge >= 0.3 is 0 Å². The van der Waals surface area contributed by atoms with Crippen LogP contribution in [-0.4, -0.2) is 9.78 Å². The molecule has 0 spiro atoms. The van der Waals surface area contributed by atoms with Crippen LogP contribution in [0.2, 0.25) is 0 Å². The third-order valence-electron chi connectivity index (χ3n) is 2.51. The molecular weight excluding hydrogens is 205 g/mol. The molecule has 3 nitrogen and oxygen atoms in total. The summed E-state index contributed by atoms with van der Waals surface area (Å²) in [7, 11) is 1.89. The van der Waals surface area contributed by atoms with E-state index in [1.54, 1.807) is 16.9 Å². The molecule has 0 radical (unpaired) electrons. The number of aromatic nitrogens is 2. The topological polar surface area (TPSA) is 29.9 Å². The van der Waals surface area contributed by atoms with Gasteiger partial charge in [-0.2, -0.15) is 5.10 Å². The number of hydrogen-bond donors (Lipinski definition) is 1. The summed E-state index contributed by atoms with van der Waals surface area (Å²) in [5.41, 5.74) is 1.83. The van der Waals surface area contributed by atoms with E-state index >= 15 is 0 Å². The fourth-order valence-corrected chi connectivity index (χ4v) is 1.71. The van der Waals surface area contributed by atoms with Crippen LogP contribution in [0.1, 0.15) is 18.7 Å². The van der Waals surface area contributed by atoms with E-state index in [-0.39, 0.29) is 11.9 Å². The van der Waals surface area contributed by atoms with E-state index < -0.39 is 0 Å². The van der Waals surface area contributed by atoms with E-state index in [0.717, 1.165) is 11.4 Å². The Kier molecular flexibility index (Phi) is 2.90. The number of hydrogen-bond acceptors (Lipinski definition) is 2. The number of aryl methyl sites for hydroxylation is 1. The summed E-state index contributed by atoms with van der Waals surface area (Å²) in [5.74, 6) is -0.234. The van der Waals surface area contributed by atoms with Crippen molar-refractivity contribution in [3.63, 3.8) is 0 Å². The van der Waals surface area contributed by atoms with E-state index in [9.17, 15) is 4.39 Å². The Labute approximate surface area is 93.9 Å². The molecule has 0 fully saturated rings. The molecule has 2 aromatic rings. The molecule has 0 aliphatic carbocycles. The Hall–Kier alpha value is -1.84. The fraction of sp³-hybridized carbons (Fsp3) is 0.250. The number of benzene rings is 1. The largest absolute Gasteiger partial charge is 0.377 e. The standard InChI is InChI=1S/C12H14FN3/c1-9(12-6-7-14-16(12)2)15-11-5-3-4-10(13)8-11/h3-9,15H,1-2H3. The van der Waals surface area contributed by atoms with Crippen molar-refractivity contribution >= 4 is 5.69 Å². The summed E-state index contributed by atoms with van der Waals surface area (Å²) < 4.78 is 14.8. The van der Waals surface area contributed by atoms with Gasteiger partial charge in [0.25, 0.3) is 0 Å². The molecule has 0 amide bonds. The molecular formula is C12H14FN3. The second-order valence-corrected chi connectivity index (χ2v) is 3.76. The Morgan fingerprint density at radius 1 is 1.38 bits per heavy atom. The van der Waals surface area contributed by atoms with Crippen LogP contribution in [0.15, 0.2) is 36.5 Å². The zero-order valence-electron chi connectivity index (χ0n) is 9.31. The van der Waals surface area contributed by atoms with Crippen LogP contribution in [0.3, 0.4) is 0 Å². The minimum Gasteiger partial charge on any atom is -0.377 e. The summed E-state index contributed by atoms with van der Waals surface area (Å²) in [5, 5.41) is 7.32. The van der Waals surface area contributed by atoms with Crippen LogP contribution in [0.25, 0.3) is 0 Å². The highest BCUT2D eigenvalue weighted by molar-refractivity contribution is 5.44. The van der Waals surface area contributed by atoms with Crippen molar-refractivity contribution in [1.29, 1.82) is 0 Å². The van der Waals surface area contributed by atoms with Crippen molar-refractivity contribution in [3.8, 4) is 0 Å². The van der Waals surface area contributed by atoms with E-state index in [4.69, 9.17) is 0 Å². The van der Waals surface area contributed by atoms with E-state index in [1.165, 1.54) is 12.1 Å². The lowest BCUT2D eigenvalue weighted by molar-refractivity contribution is 0.627. The van der Waals surface area contributed by atoms with Crippen molar-refractivity contribution in [2.24, 2.45) is 7.05 Å². The Bertz CT molecular complexity index is 479. The van der Waals surface area contributed by atoms with E-state index in [2.05, 4.69) is 10.4 Å². The third kappa shape index (κ3) is 2.21. The van der Waals surface area contributed by atoms with Crippen molar-refractivity contribution in [3.05, 3.63) is 48.0 Å². The Morgan fingerprint density at radius 3 is 2.81 bits per heavy atom. The van der Waals surface area contributed by atoms with Gasteiger partial charge in [0.05, 0.1) is 11.7 Å². The number of nitrogens with zero attached hydrogens (tertiary/aromatic N) is 2. The highest BCUT2D eigenvalue weighted by atomic mass is 19.1. The van der Waals surface area contributed by atoms with Gasteiger partial charge in [0.15, 0.2) is 0 Å². The van der Waals surface area contributed by atoms with Crippen molar-refractivity contribution in [2.75, 3.05) is 5.32 Å². The molecule has 4 heteroatoms. The Morgan fingerprint density at radius 2 is 2.19 bits per heavy atom. The molecule has 16 heavy (non-hydrogen) atoms. The predicted molar refractivity (Wildman–Crippen MR) is 61.6 cm³/mol. The van der Waals surface area contributed by atoms with Crippen molar-refractivity contribution in [1.82, 2.24) is 9.78 Å². The van der Waals surface area contributed by atoms with Gasteiger partial charge in [-0.15, -0.1) is 0 Å².